The van der Waals surface area contributed by atoms with E-state index in [1.54, 1.807) is 6.07 Å². The summed E-state index contributed by atoms with van der Waals surface area (Å²) in [4.78, 5) is 44.7. The van der Waals surface area contributed by atoms with Gasteiger partial charge in [0.25, 0.3) is 10.0 Å². The number of benzene rings is 5. The summed E-state index contributed by atoms with van der Waals surface area (Å²) < 4.78 is 147. The molecule has 0 fully saturated rings. The van der Waals surface area contributed by atoms with Gasteiger partial charge in [0.2, 0.25) is 17.2 Å². The molecule has 9 aromatic rings. The van der Waals surface area contributed by atoms with Crippen LogP contribution in [0.1, 0.15) is 0 Å². The van der Waals surface area contributed by atoms with Gasteiger partial charge in [0.15, 0.2) is 0 Å². The molecular weight excluding hydrogens is 1160 g/mol. The third kappa shape index (κ3) is 10.8. The number of anilines is 4. The van der Waals surface area contributed by atoms with E-state index in [2.05, 4.69) is 64.9 Å². The van der Waals surface area contributed by atoms with Gasteiger partial charge in [0, 0.05) is 61.3 Å². The van der Waals surface area contributed by atoms with Crippen LogP contribution in [-0.2, 0) is 57.4 Å². The van der Waals surface area contributed by atoms with Gasteiger partial charge in [-0.15, -0.1) is 0 Å². The van der Waals surface area contributed by atoms with Gasteiger partial charge < -0.3 is 54.6 Å². The van der Waals surface area contributed by atoms with Crippen molar-refractivity contribution >= 4 is 119 Å². The number of halogens is 1. The Bertz CT molecular complexity index is 4530. The van der Waals surface area contributed by atoms with E-state index >= 15 is 0 Å². The van der Waals surface area contributed by atoms with Crippen molar-refractivity contribution in [2.45, 2.75) is 19.6 Å². The van der Waals surface area contributed by atoms with Crippen LogP contribution in [0.3, 0.4) is 0 Å². The molecule has 11 rings (SSSR count). The van der Waals surface area contributed by atoms with Gasteiger partial charge in [0.1, 0.15) is 30.4 Å². The molecule has 365 valence electrons. The summed E-state index contributed by atoms with van der Waals surface area (Å²) in [7, 11) is -20.6. The third-order valence-corrected chi connectivity index (χ3v) is 15.0. The molecule has 8 bridgehead atoms. The first kappa shape index (κ1) is 58.1. The molecule has 34 heteroatoms. The summed E-state index contributed by atoms with van der Waals surface area (Å²) in [5.74, 6) is -1.93. The fourth-order valence-electron chi connectivity index (χ4n) is 7.99. The molecule has 6 heterocycles. The van der Waals surface area contributed by atoms with Crippen molar-refractivity contribution in [2.75, 3.05) is 15.8 Å². The van der Waals surface area contributed by atoms with E-state index in [-0.39, 0.29) is 184 Å². The summed E-state index contributed by atoms with van der Waals surface area (Å²) >= 11 is 5.92. The molecule has 25 nitrogen and oxygen atoms in total. The summed E-state index contributed by atoms with van der Waals surface area (Å²) in [6.07, 6.45) is 0. The minimum atomic E-state index is -5.34. The average molecular weight is 1180 g/mol. The van der Waals surface area contributed by atoms with E-state index in [9.17, 15) is 47.3 Å². The Morgan fingerprint density at radius 2 is 0.907 bits per heavy atom. The molecule has 5 aromatic carbocycles. The first-order valence-electron chi connectivity index (χ1n) is 19.8. The minimum Gasteiger partial charge on any atom is -0.744 e. The second-order valence-corrected chi connectivity index (χ2v) is 21.2. The second-order valence-electron chi connectivity index (χ2n) is 15.2. The topological polar surface area (TPSA) is 400 Å². The number of fused-ring (bicyclic) bond motifs is 20. The van der Waals surface area contributed by atoms with Crippen molar-refractivity contribution in [1.29, 1.82) is 0 Å². The van der Waals surface area contributed by atoms with Crippen LogP contribution < -0.4 is 114 Å². The van der Waals surface area contributed by atoms with Crippen LogP contribution in [-0.4, -0.2) is 92.2 Å². The van der Waals surface area contributed by atoms with Crippen molar-refractivity contribution < 1.29 is 153 Å². The maximum atomic E-state index is 14.6. The average Bonchev–Trinajstić information content (AvgIpc) is 4.03. The van der Waals surface area contributed by atoms with E-state index in [1.165, 1.54) is 72.8 Å². The predicted octanol–water partition coefficient (Wildman–Crippen LogP) is -5.19. The van der Waals surface area contributed by atoms with Gasteiger partial charge in [0.05, 0.1) is 48.6 Å². The van der Waals surface area contributed by atoms with Gasteiger partial charge in [-0.1, -0.05) is 54.6 Å². The number of nitrogens with two attached hydrogens (primary N) is 1. The normalized spacial score (nSPS) is 12.1. The molecule has 0 saturated heterocycles. The van der Waals surface area contributed by atoms with Crippen molar-refractivity contribution in [3.05, 3.63) is 102 Å². The van der Waals surface area contributed by atoms with Crippen LogP contribution in [0.5, 0.6) is 0 Å². The van der Waals surface area contributed by atoms with Crippen molar-refractivity contribution in [3.63, 3.8) is 0 Å². The number of nitrogens with one attached hydrogen (secondary N) is 2. The molecule has 75 heavy (non-hydrogen) atoms. The molecule has 0 spiro atoms. The predicted molar refractivity (Wildman–Crippen MR) is 248 cm³/mol. The number of sulfonamides is 1. The van der Waals surface area contributed by atoms with Gasteiger partial charge in [-0.25, -0.2) is 43.6 Å². The Labute approximate surface area is 504 Å². The summed E-state index contributed by atoms with van der Waals surface area (Å²) in [5.41, 5.74) is 3.42. The number of hydrogen-bond donors (Lipinski definition) is 3. The maximum absolute atomic E-state index is 14.6. The van der Waals surface area contributed by atoms with Crippen LogP contribution >= 0.6 is 11.6 Å². The second kappa shape index (κ2) is 21.3. The molecule has 4 N–H and O–H groups in total. The van der Waals surface area contributed by atoms with Crippen LogP contribution in [0.25, 0.3) is 89.7 Å². The van der Waals surface area contributed by atoms with Gasteiger partial charge >= 0.3 is 106 Å². The fourth-order valence-corrected chi connectivity index (χ4v) is 11.5. The number of nitrogens with zero attached hydrogens (tertiary/aromatic N) is 11. The first-order valence-corrected chi connectivity index (χ1v) is 25.9. The standard InChI is InChI=1S/C41H23ClN14O11S4.Cu.3Na/c42-39-53-40(43)55-41(54-39)44-17-6-1-7-18(16-17)56-68(57,58)23-12-2-8-19-27(23)35-46-31(19)45-32-20-9-3-13-24(69(59,60)61)28(20)36(47-32)48-33-21-10-4-14-25(70(62,63)64)29(21)37(49-33)50-34-22-11-5-15-26(71(65,66)67)30(22)38(51-34)52-35;;;;/h1-16,56H,(H6-2,43,44,45,46,47,48,49,50,51,52,53,54,55,59,60,61,62,63,64,65,66,67);;;;/q-2;+2;3*+1/p-3. The summed E-state index contributed by atoms with van der Waals surface area (Å²) in [5, 5.41) is 1.63. The number of rotatable bonds is 8. The largest absolute Gasteiger partial charge is 2.00 e. The molecule has 2 aliphatic rings. The minimum absolute atomic E-state index is 0. The van der Waals surface area contributed by atoms with E-state index in [0.717, 1.165) is 18.2 Å². The van der Waals surface area contributed by atoms with E-state index in [0.29, 0.717) is 0 Å². The molecule has 1 radical (unpaired) electrons. The van der Waals surface area contributed by atoms with E-state index < -0.39 is 99.5 Å². The molecular formula is C41H20ClCuN14Na3O11S4. The Hall–Kier alpha value is -4.64. The number of nitrogen functional groups attached to an aromatic ring is 1. The SMILES string of the molecule is Nc1nc(Cl)nc(Nc2cccc(NS(=O)(=O)c3cccc4c3-c3nc-4nc4[n-]c(nc5nc(nc6[n-]c(n3)c3c(S(=O)(=O)[O-])cccc63)-c3c-5cccc3S(=O)(=O)[O-])c3c(S(=O)(=O)[O-])cccc43)c2)n1.[Cu+2].[Na+].[Na+].[Na+]. The van der Waals surface area contributed by atoms with Gasteiger partial charge in [-0.05, 0) is 64.8 Å². The van der Waals surface area contributed by atoms with Crippen LogP contribution in [0.15, 0.2) is 117 Å². The van der Waals surface area contributed by atoms with Crippen molar-refractivity contribution in [2.24, 2.45) is 0 Å². The summed E-state index contributed by atoms with van der Waals surface area (Å²) in [6.45, 7) is 0. The first-order chi connectivity index (χ1) is 33.6. The third-order valence-electron chi connectivity index (χ3n) is 10.8. The maximum Gasteiger partial charge on any atom is 2.00 e. The summed E-state index contributed by atoms with van der Waals surface area (Å²) in [6, 6.07) is 20.4. The molecule has 0 amide bonds. The quantitative estimate of drug-likeness (QED) is 0.0945. The molecule has 0 atom stereocenters. The Morgan fingerprint density at radius 3 is 1.43 bits per heavy atom. The van der Waals surface area contributed by atoms with Crippen molar-refractivity contribution in [3.8, 4) is 45.6 Å². The molecule has 0 aliphatic carbocycles. The van der Waals surface area contributed by atoms with E-state index in [4.69, 9.17) is 17.3 Å². The monoisotopic (exact) mass is 1180 g/mol. The zero-order chi connectivity index (χ0) is 49.9. The van der Waals surface area contributed by atoms with Gasteiger partial charge in [-0.2, -0.15) is 15.0 Å². The van der Waals surface area contributed by atoms with Crippen LogP contribution in [0, 0.1) is 0 Å². The van der Waals surface area contributed by atoms with Crippen molar-refractivity contribution in [1.82, 2.24) is 54.8 Å². The fraction of sp³-hybridized carbons (Fsp3) is 0. The van der Waals surface area contributed by atoms with Gasteiger partial charge in [-0.3, -0.25) is 4.72 Å². The van der Waals surface area contributed by atoms with Crippen LogP contribution in [0.4, 0.5) is 23.3 Å². The number of hydrogen-bond acceptors (Lipinski definition) is 22. The van der Waals surface area contributed by atoms with E-state index in [1.807, 2.05) is 0 Å². The molecule has 0 saturated carbocycles. The molecule has 4 aromatic heterocycles. The zero-order valence-corrected chi connectivity index (χ0v) is 49.0. The Kier molecular flexibility index (Phi) is 16.5. The Morgan fingerprint density at radius 1 is 0.480 bits per heavy atom. The molecule has 2 aliphatic heterocycles. The smallest absolute Gasteiger partial charge is 0.744 e. The molecule has 0 unspecified atom stereocenters. The van der Waals surface area contributed by atoms with Crippen LogP contribution in [0.2, 0.25) is 5.28 Å². The zero-order valence-electron chi connectivity index (χ0n) is 38.0. The Balaban J connectivity index is 0.00000205. The number of aromatic nitrogens is 11.